The van der Waals surface area contributed by atoms with Gasteiger partial charge in [0.1, 0.15) is 0 Å². The Morgan fingerprint density at radius 3 is 2.30 bits per heavy atom. The highest BCUT2D eigenvalue weighted by molar-refractivity contribution is 5.99. The van der Waals surface area contributed by atoms with Crippen molar-refractivity contribution in [3.8, 4) is 0 Å². The third kappa shape index (κ3) is 1.00. The number of hydrogen-bond donors (Lipinski definition) is 0. The molecule has 0 fully saturated rings. The van der Waals surface area contributed by atoms with Gasteiger partial charge in [-0.3, -0.25) is 4.79 Å². The topological polar surface area (TPSA) is 17.1 Å². The number of ketones is 1. The zero-order valence-corrected chi connectivity index (χ0v) is 6.90. The normalized spacial score (nSPS) is 26.3. The van der Waals surface area contributed by atoms with Crippen LogP contribution in [-0.4, -0.2) is 5.78 Å². The van der Waals surface area contributed by atoms with Gasteiger partial charge in [-0.1, -0.05) is 12.5 Å². The van der Waals surface area contributed by atoms with Crippen LogP contribution in [0.3, 0.4) is 0 Å². The standard InChI is InChI=1S/C9H14O/c1-4-8-5-6(2)7(3)9(8)10/h8H,4-5H2,1-3H3. The second-order valence-corrected chi connectivity index (χ2v) is 3.08. The maximum absolute atomic E-state index is 11.3. The summed E-state index contributed by atoms with van der Waals surface area (Å²) in [5.41, 5.74) is 2.30. The first-order valence-electron chi connectivity index (χ1n) is 3.87. The number of rotatable bonds is 1. The van der Waals surface area contributed by atoms with Crippen molar-refractivity contribution in [3.63, 3.8) is 0 Å². The first-order valence-corrected chi connectivity index (χ1v) is 3.87. The van der Waals surface area contributed by atoms with Gasteiger partial charge in [0, 0.05) is 5.92 Å². The van der Waals surface area contributed by atoms with Gasteiger partial charge in [-0.15, -0.1) is 0 Å². The highest BCUT2D eigenvalue weighted by Gasteiger charge is 2.26. The molecule has 1 unspecified atom stereocenters. The molecule has 0 radical (unpaired) electrons. The Bertz CT molecular complexity index is 189. The van der Waals surface area contributed by atoms with Crippen LogP contribution in [0.1, 0.15) is 33.6 Å². The van der Waals surface area contributed by atoms with E-state index in [2.05, 4.69) is 13.8 Å². The SMILES string of the molecule is CCC1CC(C)=C(C)C1=O. The molecule has 0 saturated carbocycles. The minimum Gasteiger partial charge on any atom is -0.294 e. The van der Waals surface area contributed by atoms with Crippen molar-refractivity contribution >= 4 is 5.78 Å². The Labute approximate surface area is 62.1 Å². The summed E-state index contributed by atoms with van der Waals surface area (Å²) in [5.74, 6) is 0.681. The van der Waals surface area contributed by atoms with Crippen LogP contribution < -0.4 is 0 Å². The molecule has 1 nitrogen and oxygen atoms in total. The Kier molecular flexibility index (Phi) is 1.93. The summed E-state index contributed by atoms with van der Waals surface area (Å²) < 4.78 is 0. The van der Waals surface area contributed by atoms with Crippen LogP contribution in [0.5, 0.6) is 0 Å². The predicted octanol–water partition coefficient (Wildman–Crippen LogP) is 2.32. The molecule has 1 atom stereocenters. The maximum atomic E-state index is 11.3. The fourth-order valence-corrected chi connectivity index (χ4v) is 1.46. The molecule has 1 heteroatoms. The van der Waals surface area contributed by atoms with Gasteiger partial charge in [-0.25, -0.2) is 0 Å². The van der Waals surface area contributed by atoms with Crippen molar-refractivity contribution in [1.82, 2.24) is 0 Å². The molecule has 0 aromatic rings. The number of Topliss-reactive ketones (excluding diaryl/α,β-unsaturated/α-hetero) is 1. The van der Waals surface area contributed by atoms with Crippen LogP contribution in [0.25, 0.3) is 0 Å². The monoisotopic (exact) mass is 138 g/mol. The highest BCUT2D eigenvalue weighted by atomic mass is 16.1. The van der Waals surface area contributed by atoms with Crippen molar-refractivity contribution in [1.29, 1.82) is 0 Å². The molecule has 0 saturated heterocycles. The lowest BCUT2D eigenvalue weighted by atomic mass is 10.0. The molecule has 0 bridgehead atoms. The molecule has 56 valence electrons. The highest BCUT2D eigenvalue weighted by Crippen LogP contribution is 2.29. The zero-order valence-electron chi connectivity index (χ0n) is 6.90. The summed E-state index contributed by atoms with van der Waals surface area (Å²) in [6.45, 7) is 6.07. The molecule has 0 aromatic heterocycles. The molecular weight excluding hydrogens is 124 g/mol. The van der Waals surface area contributed by atoms with Crippen LogP contribution in [-0.2, 0) is 4.79 Å². The third-order valence-corrected chi connectivity index (χ3v) is 2.43. The van der Waals surface area contributed by atoms with E-state index in [0.29, 0.717) is 11.7 Å². The predicted molar refractivity (Wildman–Crippen MR) is 41.8 cm³/mol. The molecule has 0 N–H and O–H groups in total. The van der Waals surface area contributed by atoms with E-state index >= 15 is 0 Å². The van der Waals surface area contributed by atoms with E-state index in [-0.39, 0.29) is 0 Å². The molecule has 1 rings (SSSR count). The van der Waals surface area contributed by atoms with Gasteiger partial charge >= 0.3 is 0 Å². The molecule has 0 heterocycles. The largest absolute Gasteiger partial charge is 0.294 e. The van der Waals surface area contributed by atoms with Gasteiger partial charge < -0.3 is 0 Å². The zero-order chi connectivity index (χ0) is 7.72. The Morgan fingerprint density at radius 2 is 2.10 bits per heavy atom. The third-order valence-electron chi connectivity index (χ3n) is 2.43. The number of carbonyl (C=O) groups is 1. The minimum atomic E-state index is 0.306. The van der Waals surface area contributed by atoms with Crippen LogP contribution in [0, 0.1) is 5.92 Å². The summed E-state index contributed by atoms with van der Waals surface area (Å²) in [5, 5.41) is 0. The number of allylic oxidation sites excluding steroid dienone is 2. The second-order valence-electron chi connectivity index (χ2n) is 3.08. The maximum Gasteiger partial charge on any atom is 0.161 e. The molecule has 0 aliphatic heterocycles. The summed E-state index contributed by atoms with van der Waals surface area (Å²) in [4.78, 5) is 11.3. The summed E-state index contributed by atoms with van der Waals surface area (Å²) in [6, 6.07) is 0. The Balaban J connectivity index is 2.77. The quantitative estimate of drug-likeness (QED) is 0.543. The van der Waals surface area contributed by atoms with Crippen molar-refractivity contribution in [3.05, 3.63) is 11.1 Å². The lowest BCUT2D eigenvalue weighted by Gasteiger charge is -2.01. The average molecular weight is 138 g/mol. The molecule has 1 aliphatic carbocycles. The summed E-state index contributed by atoms with van der Waals surface area (Å²) in [7, 11) is 0. The Morgan fingerprint density at radius 1 is 1.50 bits per heavy atom. The fourth-order valence-electron chi connectivity index (χ4n) is 1.46. The molecule has 1 aliphatic rings. The van der Waals surface area contributed by atoms with Gasteiger partial charge in [0.2, 0.25) is 0 Å². The van der Waals surface area contributed by atoms with E-state index < -0.39 is 0 Å². The first kappa shape index (κ1) is 7.52. The van der Waals surface area contributed by atoms with Gasteiger partial charge in [-0.2, -0.15) is 0 Å². The van der Waals surface area contributed by atoms with Crippen molar-refractivity contribution in [2.24, 2.45) is 5.92 Å². The van der Waals surface area contributed by atoms with Crippen molar-refractivity contribution < 1.29 is 4.79 Å². The molecule has 0 aromatic carbocycles. The second kappa shape index (κ2) is 2.57. The Hall–Kier alpha value is -0.590. The first-order chi connectivity index (χ1) is 4.66. The lowest BCUT2D eigenvalue weighted by Crippen LogP contribution is -2.06. The van der Waals surface area contributed by atoms with Crippen LogP contribution in [0.4, 0.5) is 0 Å². The van der Waals surface area contributed by atoms with Gasteiger partial charge in [-0.05, 0) is 32.3 Å². The summed E-state index contributed by atoms with van der Waals surface area (Å²) in [6.07, 6.45) is 1.99. The number of carbonyl (C=O) groups excluding carboxylic acids is 1. The minimum absolute atomic E-state index is 0.306. The van der Waals surface area contributed by atoms with Gasteiger partial charge in [0.05, 0.1) is 0 Å². The van der Waals surface area contributed by atoms with E-state index in [1.165, 1.54) is 5.57 Å². The van der Waals surface area contributed by atoms with Gasteiger partial charge in [0.15, 0.2) is 5.78 Å². The van der Waals surface area contributed by atoms with Gasteiger partial charge in [0.25, 0.3) is 0 Å². The van der Waals surface area contributed by atoms with Crippen molar-refractivity contribution in [2.75, 3.05) is 0 Å². The van der Waals surface area contributed by atoms with E-state index in [1.807, 2.05) is 6.92 Å². The fraction of sp³-hybridized carbons (Fsp3) is 0.667. The molecule has 10 heavy (non-hydrogen) atoms. The molecule has 0 amide bonds. The van der Waals surface area contributed by atoms with E-state index in [0.717, 1.165) is 18.4 Å². The van der Waals surface area contributed by atoms with E-state index in [4.69, 9.17) is 0 Å². The van der Waals surface area contributed by atoms with Crippen LogP contribution in [0.15, 0.2) is 11.1 Å². The number of hydrogen-bond acceptors (Lipinski definition) is 1. The lowest BCUT2D eigenvalue weighted by molar-refractivity contribution is -0.118. The van der Waals surface area contributed by atoms with Crippen LogP contribution >= 0.6 is 0 Å². The van der Waals surface area contributed by atoms with E-state index in [9.17, 15) is 4.79 Å². The molecule has 0 spiro atoms. The van der Waals surface area contributed by atoms with Crippen LogP contribution in [0.2, 0.25) is 0 Å². The van der Waals surface area contributed by atoms with Crippen molar-refractivity contribution in [2.45, 2.75) is 33.6 Å². The average Bonchev–Trinajstić information content (AvgIpc) is 2.17. The van der Waals surface area contributed by atoms with E-state index in [1.54, 1.807) is 0 Å². The smallest absolute Gasteiger partial charge is 0.161 e. The molecular formula is C9H14O. The summed E-state index contributed by atoms with van der Waals surface area (Å²) >= 11 is 0.